The smallest absolute Gasteiger partial charge is 0.188 e. The molecule has 0 atom stereocenters. The van der Waals surface area contributed by atoms with E-state index in [1.165, 1.54) is 11.3 Å². The lowest BCUT2D eigenvalue weighted by Crippen LogP contribution is -1.88. The average molecular weight is 374 g/mol. The van der Waals surface area contributed by atoms with Crippen molar-refractivity contribution in [1.82, 2.24) is 4.98 Å². The summed E-state index contributed by atoms with van der Waals surface area (Å²) in [6.45, 7) is 0. The summed E-state index contributed by atoms with van der Waals surface area (Å²) in [6, 6.07) is 11.5. The Hall–Kier alpha value is -0.810. The molecule has 0 radical (unpaired) electrons. The van der Waals surface area contributed by atoms with Gasteiger partial charge in [-0.1, -0.05) is 50.5 Å². The molecule has 3 rings (SSSR count). The van der Waals surface area contributed by atoms with Crippen LogP contribution in [0.3, 0.4) is 0 Å². The van der Waals surface area contributed by atoms with E-state index in [0.717, 1.165) is 25.5 Å². The highest BCUT2D eigenvalue weighted by atomic mass is 79.9. The Labute approximate surface area is 132 Å². The molecule has 0 amide bonds. The third-order valence-corrected chi connectivity index (χ3v) is 4.46. The van der Waals surface area contributed by atoms with E-state index < -0.39 is 0 Å². The summed E-state index contributed by atoms with van der Waals surface area (Å²) in [5, 5.41) is 5.24. The van der Waals surface area contributed by atoms with E-state index in [1.807, 2.05) is 30.3 Å². The summed E-state index contributed by atoms with van der Waals surface area (Å²) in [5.74, 6) is 0. The summed E-state index contributed by atoms with van der Waals surface area (Å²) in [7, 11) is 0. The zero-order chi connectivity index (χ0) is 13.4. The van der Waals surface area contributed by atoms with Crippen LogP contribution in [0.4, 0.5) is 10.8 Å². The van der Waals surface area contributed by atoms with Gasteiger partial charge >= 0.3 is 0 Å². The number of thiazole rings is 1. The molecule has 1 aromatic heterocycles. The van der Waals surface area contributed by atoms with Crippen LogP contribution >= 0.6 is 50.5 Å². The van der Waals surface area contributed by atoms with Crippen LogP contribution in [-0.4, -0.2) is 4.98 Å². The van der Waals surface area contributed by atoms with E-state index >= 15 is 0 Å². The van der Waals surface area contributed by atoms with Gasteiger partial charge in [0.15, 0.2) is 5.13 Å². The van der Waals surface area contributed by atoms with Gasteiger partial charge in [0.1, 0.15) is 5.52 Å². The molecule has 2 nitrogen and oxygen atoms in total. The highest BCUT2D eigenvalue weighted by Gasteiger charge is 2.08. The fourth-order valence-electron chi connectivity index (χ4n) is 1.67. The minimum Gasteiger partial charge on any atom is -0.332 e. The molecule has 1 N–H and O–H groups in total. The van der Waals surface area contributed by atoms with Crippen molar-refractivity contribution in [2.24, 2.45) is 0 Å². The maximum absolute atomic E-state index is 6.13. The molecule has 96 valence electrons. The van der Waals surface area contributed by atoms with E-state index in [9.17, 15) is 0 Å². The Bertz CT molecular complexity index is 740. The molecule has 0 bridgehead atoms. The number of fused-ring (bicyclic) bond motifs is 1. The van der Waals surface area contributed by atoms with Crippen molar-refractivity contribution in [1.29, 1.82) is 0 Å². The molecule has 3 aromatic rings. The maximum Gasteiger partial charge on any atom is 0.188 e. The van der Waals surface area contributed by atoms with Gasteiger partial charge in [0.05, 0.1) is 9.72 Å². The standard InChI is InChI=1S/C13H7BrCl2N2S/c14-7-1-3-9(4-2-7)17-13-18-12-10(16)5-8(15)6-11(12)19-13/h1-6H,(H,17,18). The number of benzene rings is 2. The van der Waals surface area contributed by atoms with Crippen molar-refractivity contribution in [3.63, 3.8) is 0 Å². The van der Waals surface area contributed by atoms with Gasteiger partial charge < -0.3 is 5.32 Å². The van der Waals surface area contributed by atoms with E-state index in [-0.39, 0.29) is 0 Å². The number of aromatic nitrogens is 1. The molecule has 0 aliphatic heterocycles. The normalized spacial score (nSPS) is 10.9. The van der Waals surface area contributed by atoms with Crippen LogP contribution in [-0.2, 0) is 0 Å². The zero-order valence-corrected chi connectivity index (χ0v) is 13.4. The molecule has 6 heteroatoms. The van der Waals surface area contributed by atoms with Crippen LogP contribution < -0.4 is 5.32 Å². The number of nitrogens with one attached hydrogen (secondary N) is 1. The van der Waals surface area contributed by atoms with Crippen molar-refractivity contribution >= 4 is 71.5 Å². The van der Waals surface area contributed by atoms with Crippen molar-refractivity contribution in [3.05, 3.63) is 50.9 Å². The third-order valence-electron chi connectivity index (χ3n) is 2.51. The van der Waals surface area contributed by atoms with Crippen LogP contribution in [0.25, 0.3) is 10.2 Å². The van der Waals surface area contributed by atoms with Gasteiger partial charge in [0.2, 0.25) is 0 Å². The largest absolute Gasteiger partial charge is 0.332 e. The molecular weight excluding hydrogens is 367 g/mol. The Morgan fingerprint density at radius 2 is 1.84 bits per heavy atom. The predicted molar refractivity (Wildman–Crippen MR) is 87.1 cm³/mol. The van der Waals surface area contributed by atoms with Crippen LogP contribution in [0.1, 0.15) is 0 Å². The summed E-state index contributed by atoms with van der Waals surface area (Å²) < 4.78 is 2.01. The molecule has 0 saturated heterocycles. The Kier molecular flexibility index (Phi) is 3.67. The van der Waals surface area contributed by atoms with Gasteiger partial charge in [0.25, 0.3) is 0 Å². The molecule has 0 saturated carbocycles. The predicted octanol–water partition coefficient (Wildman–Crippen LogP) is 6.11. The fourth-order valence-corrected chi connectivity index (χ4v) is 3.54. The highest BCUT2D eigenvalue weighted by Crippen LogP contribution is 2.34. The zero-order valence-electron chi connectivity index (χ0n) is 9.45. The van der Waals surface area contributed by atoms with Gasteiger partial charge in [-0.3, -0.25) is 0 Å². The second kappa shape index (κ2) is 5.29. The topological polar surface area (TPSA) is 24.9 Å². The van der Waals surface area contributed by atoms with E-state index in [0.29, 0.717) is 10.0 Å². The highest BCUT2D eigenvalue weighted by molar-refractivity contribution is 9.10. The number of nitrogens with zero attached hydrogens (tertiary/aromatic N) is 1. The first-order chi connectivity index (χ1) is 9.11. The first kappa shape index (κ1) is 13.2. The molecule has 0 aliphatic rings. The van der Waals surface area contributed by atoms with Gasteiger partial charge in [-0.05, 0) is 36.4 Å². The Morgan fingerprint density at radius 1 is 1.11 bits per heavy atom. The molecular formula is C13H7BrCl2N2S. The summed E-state index contributed by atoms with van der Waals surface area (Å²) in [6.07, 6.45) is 0. The SMILES string of the molecule is Clc1cc(Cl)c2nc(Nc3ccc(Br)cc3)sc2c1. The van der Waals surface area contributed by atoms with Gasteiger partial charge in [-0.2, -0.15) is 0 Å². The number of hydrogen-bond acceptors (Lipinski definition) is 3. The van der Waals surface area contributed by atoms with Gasteiger partial charge in [0, 0.05) is 15.2 Å². The van der Waals surface area contributed by atoms with Crippen molar-refractivity contribution < 1.29 is 0 Å². The van der Waals surface area contributed by atoms with Gasteiger partial charge in [-0.25, -0.2) is 4.98 Å². The number of halogens is 3. The summed E-state index contributed by atoms with van der Waals surface area (Å²) >= 11 is 17.0. The van der Waals surface area contributed by atoms with E-state index in [2.05, 4.69) is 26.2 Å². The minimum atomic E-state index is 0.572. The minimum absolute atomic E-state index is 0.572. The quantitative estimate of drug-likeness (QED) is 0.586. The summed E-state index contributed by atoms with van der Waals surface area (Å²) in [5.41, 5.74) is 1.75. The van der Waals surface area contributed by atoms with Crippen LogP contribution in [0.15, 0.2) is 40.9 Å². The fraction of sp³-hybridized carbons (Fsp3) is 0. The molecule has 0 fully saturated rings. The van der Waals surface area contributed by atoms with Crippen molar-refractivity contribution in [2.45, 2.75) is 0 Å². The lowest BCUT2D eigenvalue weighted by molar-refractivity contribution is 1.44. The van der Waals surface area contributed by atoms with Crippen LogP contribution in [0, 0.1) is 0 Å². The average Bonchev–Trinajstić information content (AvgIpc) is 2.75. The monoisotopic (exact) mass is 372 g/mol. The molecule has 0 unspecified atom stereocenters. The second-order valence-electron chi connectivity index (χ2n) is 3.89. The lowest BCUT2D eigenvalue weighted by Gasteiger charge is -2.01. The van der Waals surface area contributed by atoms with Gasteiger partial charge in [-0.15, -0.1) is 0 Å². The van der Waals surface area contributed by atoms with Crippen LogP contribution in [0.5, 0.6) is 0 Å². The lowest BCUT2D eigenvalue weighted by atomic mass is 10.3. The Morgan fingerprint density at radius 3 is 2.58 bits per heavy atom. The first-order valence-corrected chi connectivity index (χ1v) is 7.76. The van der Waals surface area contributed by atoms with E-state index in [4.69, 9.17) is 23.2 Å². The number of hydrogen-bond donors (Lipinski definition) is 1. The molecule has 1 heterocycles. The number of rotatable bonds is 2. The second-order valence-corrected chi connectivity index (χ2v) is 6.68. The molecule has 19 heavy (non-hydrogen) atoms. The Balaban J connectivity index is 1.97. The molecule has 0 spiro atoms. The third kappa shape index (κ3) is 2.87. The molecule has 2 aromatic carbocycles. The molecule has 0 aliphatic carbocycles. The first-order valence-electron chi connectivity index (χ1n) is 5.40. The van der Waals surface area contributed by atoms with E-state index in [1.54, 1.807) is 6.07 Å². The van der Waals surface area contributed by atoms with Crippen LogP contribution in [0.2, 0.25) is 10.0 Å². The maximum atomic E-state index is 6.13. The summed E-state index contributed by atoms with van der Waals surface area (Å²) in [4.78, 5) is 4.48. The van der Waals surface area contributed by atoms with Crippen molar-refractivity contribution in [2.75, 3.05) is 5.32 Å². The van der Waals surface area contributed by atoms with Crippen molar-refractivity contribution in [3.8, 4) is 0 Å². The number of anilines is 2.